The Morgan fingerprint density at radius 2 is 2.15 bits per heavy atom. The van der Waals surface area contributed by atoms with Crippen LogP contribution in [0.1, 0.15) is 47.5 Å². The number of aromatic nitrogens is 1. The number of likely N-dealkylation sites (tertiary alicyclic amines) is 1. The van der Waals surface area contributed by atoms with Gasteiger partial charge in [-0.25, -0.2) is 9.78 Å². The Balaban J connectivity index is 1.68. The van der Waals surface area contributed by atoms with Gasteiger partial charge >= 0.3 is 5.97 Å². The summed E-state index contributed by atoms with van der Waals surface area (Å²) in [6.07, 6.45) is 6.54. The number of furan rings is 1. The van der Waals surface area contributed by atoms with Gasteiger partial charge in [0.1, 0.15) is 11.7 Å². The summed E-state index contributed by atoms with van der Waals surface area (Å²) < 4.78 is 10.4. The fourth-order valence-corrected chi connectivity index (χ4v) is 5.19. The lowest BCUT2D eigenvalue weighted by Crippen LogP contribution is -2.46. The van der Waals surface area contributed by atoms with Gasteiger partial charge in [0.05, 0.1) is 13.4 Å². The van der Waals surface area contributed by atoms with Gasteiger partial charge in [-0.05, 0) is 44.2 Å². The number of fused-ring (bicyclic) bond motifs is 1. The lowest BCUT2D eigenvalue weighted by Gasteiger charge is -2.33. The van der Waals surface area contributed by atoms with Gasteiger partial charge in [0.2, 0.25) is 0 Å². The molecule has 0 bridgehead atoms. The average Bonchev–Trinajstić information content (AvgIpc) is 3.38. The Hall–Kier alpha value is -2.15. The van der Waals surface area contributed by atoms with E-state index in [-0.39, 0.29) is 17.9 Å². The van der Waals surface area contributed by atoms with Gasteiger partial charge in [-0.3, -0.25) is 4.79 Å². The molecule has 0 aromatic carbocycles. The molecule has 2 aromatic heterocycles. The van der Waals surface area contributed by atoms with Crippen molar-refractivity contribution in [2.45, 2.75) is 51.1 Å². The lowest BCUT2D eigenvalue weighted by atomic mass is 9.84. The predicted molar refractivity (Wildman–Crippen MR) is 96.9 cm³/mol. The third-order valence-corrected chi connectivity index (χ3v) is 6.51. The summed E-state index contributed by atoms with van der Waals surface area (Å²) in [5.41, 5.74) is 0.418. The molecule has 4 rings (SSSR count). The maximum atomic E-state index is 13.4. The smallest absolute Gasteiger partial charge is 0.328 e. The van der Waals surface area contributed by atoms with Gasteiger partial charge in [-0.15, -0.1) is 11.3 Å². The van der Waals surface area contributed by atoms with Crippen LogP contribution < -0.4 is 0 Å². The predicted octanol–water partition coefficient (Wildman–Crippen LogP) is 3.66. The van der Waals surface area contributed by atoms with Crippen molar-refractivity contribution in [2.75, 3.05) is 7.11 Å². The summed E-state index contributed by atoms with van der Waals surface area (Å²) in [7, 11) is 1.38. The van der Waals surface area contributed by atoms with E-state index >= 15 is 0 Å². The molecule has 0 N–H and O–H groups in total. The van der Waals surface area contributed by atoms with Crippen molar-refractivity contribution in [1.82, 2.24) is 9.88 Å². The highest BCUT2D eigenvalue weighted by atomic mass is 32.1. The third kappa shape index (κ3) is 2.84. The minimum atomic E-state index is -0.506. The van der Waals surface area contributed by atoms with E-state index in [4.69, 9.17) is 9.15 Å². The first kappa shape index (κ1) is 17.3. The number of amides is 1. The fraction of sp³-hybridized carbons (Fsp3) is 0.526. The SMILES string of the molecule is COC(=O)C1CC2CCCCC2N1C(=O)c1nc(-c2ccco2)sc1C. The Kier molecular flexibility index (Phi) is 4.56. The van der Waals surface area contributed by atoms with Crippen LogP contribution in [0.15, 0.2) is 22.8 Å². The number of thiazole rings is 1. The molecule has 3 unspecified atom stereocenters. The monoisotopic (exact) mass is 374 g/mol. The Labute approximate surface area is 156 Å². The molecule has 3 atom stereocenters. The van der Waals surface area contributed by atoms with Gasteiger partial charge in [-0.2, -0.15) is 0 Å². The van der Waals surface area contributed by atoms with E-state index < -0.39 is 6.04 Å². The zero-order valence-corrected chi connectivity index (χ0v) is 15.8. The number of rotatable bonds is 3. The number of hydrogen-bond acceptors (Lipinski definition) is 6. The number of nitrogens with zero attached hydrogens (tertiary/aromatic N) is 2. The molecular formula is C19H22N2O4S. The van der Waals surface area contributed by atoms with Gasteiger partial charge in [0, 0.05) is 10.9 Å². The Bertz CT molecular complexity index is 814. The lowest BCUT2D eigenvalue weighted by molar-refractivity contribution is -0.145. The molecule has 1 saturated heterocycles. The Morgan fingerprint density at radius 3 is 2.88 bits per heavy atom. The number of methoxy groups -OCH3 is 1. The van der Waals surface area contributed by atoms with Gasteiger partial charge in [0.25, 0.3) is 5.91 Å². The number of aryl methyl sites for hydroxylation is 1. The van der Waals surface area contributed by atoms with Crippen molar-refractivity contribution in [3.63, 3.8) is 0 Å². The first-order chi connectivity index (χ1) is 12.6. The van der Waals surface area contributed by atoms with Crippen molar-refractivity contribution in [1.29, 1.82) is 0 Å². The highest BCUT2D eigenvalue weighted by Gasteiger charge is 2.48. The molecule has 0 spiro atoms. The average molecular weight is 374 g/mol. The molecular weight excluding hydrogens is 352 g/mol. The van der Waals surface area contributed by atoms with E-state index in [2.05, 4.69) is 4.98 Å². The van der Waals surface area contributed by atoms with Crippen molar-refractivity contribution in [3.05, 3.63) is 29.0 Å². The minimum absolute atomic E-state index is 0.105. The zero-order chi connectivity index (χ0) is 18.3. The molecule has 2 aliphatic rings. The number of esters is 1. The summed E-state index contributed by atoms with van der Waals surface area (Å²) >= 11 is 1.44. The van der Waals surface area contributed by atoms with Crippen LogP contribution in [0.4, 0.5) is 0 Å². The van der Waals surface area contributed by atoms with Crippen LogP contribution >= 0.6 is 11.3 Å². The second-order valence-electron chi connectivity index (χ2n) is 7.00. The van der Waals surface area contributed by atoms with E-state index in [1.807, 2.05) is 13.0 Å². The van der Waals surface area contributed by atoms with Gasteiger partial charge in [0.15, 0.2) is 10.8 Å². The van der Waals surface area contributed by atoms with E-state index in [1.54, 1.807) is 17.2 Å². The summed E-state index contributed by atoms with van der Waals surface area (Å²) in [5.74, 6) is 0.534. The van der Waals surface area contributed by atoms with Crippen molar-refractivity contribution in [2.24, 2.45) is 5.92 Å². The Morgan fingerprint density at radius 1 is 1.35 bits per heavy atom. The van der Waals surface area contributed by atoms with E-state index in [0.29, 0.717) is 28.8 Å². The molecule has 7 heteroatoms. The summed E-state index contributed by atoms with van der Waals surface area (Å²) in [6, 6.07) is 3.23. The molecule has 1 amide bonds. The minimum Gasteiger partial charge on any atom is -0.467 e. The van der Waals surface area contributed by atoms with Crippen LogP contribution in [0.5, 0.6) is 0 Å². The van der Waals surface area contributed by atoms with Crippen LogP contribution in [-0.4, -0.2) is 41.0 Å². The number of hydrogen-bond donors (Lipinski definition) is 0. The largest absolute Gasteiger partial charge is 0.467 e. The van der Waals surface area contributed by atoms with E-state index in [0.717, 1.165) is 30.6 Å². The summed E-state index contributed by atoms with van der Waals surface area (Å²) in [4.78, 5) is 32.8. The van der Waals surface area contributed by atoms with Crippen LogP contribution in [0, 0.1) is 12.8 Å². The van der Waals surface area contributed by atoms with Crippen LogP contribution in [-0.2, 0) is 9.53 Å². The molecule has 26 heavy (non-hydrogen) atoms. The van der Waals surface area contributed by atoms with Gasteiger partial charge < -0.3 is 14.1 Å². The topological polar surface area (TPSA) is 72.6 Å². The number of carbonyl (C=O) groups is 2. The van der Waals surface area contributed by atoms with Gasteiger partial charge in [-0.1, -0.05) is 12.8 Å². The summed E-state index contributed by atoms with van der Waals surface area (Å²) in [6.45, 7) is 1.89. The van der Waals surface area contributed by atoms with Crippen molar-refractivity contribution < 1.29 is 18.7 Å². The fourth-order valence-electron chi connectivity index (χ4n) is 4.32. The van der Waals surface area contributed by atoms with Crippen LogP contribution in [0.2, 0.25) is 0 Å². The second-order valence-corrected chi connectivity index (χ2v) is 8.20. The molecule has 1 saturated carbocycles. The van der Waals surface area contributed by atoms with Crippen LogP contribution in [0.25, 0.3) is 10.8 Å². The number of carbonyl (C=O) groups excluding carboxylic acids is 2. The molecule has 138 valence electrons. The normalized spacial score (nSPS) is 25.2. The van der Waals surface area contributed by atoms with Crippen molar-refractivity contribution >= 4 is 23.2 Å². The van der Waals surface area contributed by atoms with E-state index in [1.165, 1.54) is 18.4 Å². The van der Waals surface area contributed by atoms with Crippen LogP contribution in [0.3, 0.4) is 0 Å². The molecule has 6 nitrogen and oxygen atoms in total. The molecule has 3 heterocycles. The maximum Gasteiger partial charge on any atom is 0.328 e. The summed E-state index contributed by atoms with van der Waals surface area (Å²) in [5, 5.41) is 0.685. The van der Waals surface area contributed by atoms with Crippen molar-refractivity contribution in [3.8, 4) is 10.8 Å². The molecule has 1 aliphatic heterocycles. The maximum absolute atomic E-state index is 13.4. The highest BCUT2D eigenvalue weighted by molar-refractivity contribution is 7.15. The second kappa shape index (κ2) is 6.87. The molecule has 2 aromatic rings. The molecule has 1 aliphatic carbocycles. The zero-order valence-electron chi connectivity index (χ0n) is 14.9. The highest BCUT2D eigenvalue weighted by Crippen LogP contribution is 2.41. The molecule has 0 radical (unpaired) electrons. The number of ether oxygens (including phenoxy) is 1. The first-order valence-corrected chi connectivity index (χ1v) is 9.83. The quantitative estimate of drug-likeness (QED) is 0.767. The molecule has 2 fully saturated rings. The van der Waals surface area contributed by atoms with E-state index in [9.17, 15) is 9.59 Å². The third-order valence-electron chi connectivity index (χ3n) is 5.53. The standard InChI is InChI=1S/C19H22N2O4S/c1-11-16(20-17(26-11)15-8-5-9-25-15)18(22)21-13-7-4-3-6-12(13)10-14(21)19(23)24-2/h5,8-9,12-14H,3-4,6-7,10H2,1-2H3. The first-order valence-electron chi connectivity index (χ1n) is 9.02.